The number of ether oxygens (including phenoxy) is 1. The minimum absolute atomic E-state index is 0.126. The Morgan fingerprint density at radius 2 is 2.11 bits per heavy atom. The summed E-state index contributed by atoms with van der Waals surface area (Å²) in [6.45, 7) is 1.38. The first kappa shape index (κ1) is 13.9. The molecule has 3 nitrogen and oxygen atoms in total. The maximum Gasteiger partial charge on any atom is 0.310 e. The van der Waals surface area contributed by atoms with E-state index in [1.807, 2.05) is 11.9 Å². The SMILES string of the molecule is COC(=O)C1CN(C)CCC1c1ccc(F)c(F)c1. The summed E-state index contributed by atoms with van der Waals surface area (Å²) in [5.74, 6) is -2.51. The number of nitrogens with zero attached hydrogens (tertiary/aromatic N) is 1. The molecule has 2 unspecified atom stereocenters. The molecule has 1 aromatic carbocycles. The van der Waals surface area contributed by atoms with Crippen LogP contribution in [0.5, 0.6) is 0 Å². The van der Waals surface area contributed by atoms with Gasteiger partial charge in [0, 0.05) is 6.54 Å². The summed E-state index contributed by atoms with van der Waals surface area (Å²) >= 11 is 0. The molecule has 104 valence electrons. The summed E-state index contributed by atoms with van der Waals surface area (Å²) in [6, 6.07) is 3.84. The van der Waals surface area contributed by atoms with Gasteiger partial charge in [-0.15, -0.1) is 0 Å². The van der Waals surface area contributed by atoms with Gasteiger partial charge in [0.15, 0.2) is 11.6 Å². The van der Waals surface area contributed by atoms with E-state index in [2.05, 4.69) is 0 Å². The second kappa shape index (κ2) is 5.65. The fraction of sp³-hybridized carbons (Fsp3) is 0.500. The zero-order chi connectivity index (χ0) is 14.0. The molecule has 1 fully saturated rings. The average Bonchev–Trinajstić information content (AvgIpc) is 2.41. The molecule has 2 rings (SSSR count). The van der Waals surface area contributed by atoms with Crippen LogP contribution in [0.4, 0.5) is 8.78 Å². The Morgan fingerprint density at radius 1 is 1.37 bits per heavy atom. The van der Waals surface area contributed by atoms with E-state index in [1.54, 1.807) is 6.07 Å². The minimum atomic E-state index is -0.875. The van der Waals surface area contributed by atoms with Gasteiger partial charge in [-0.1, -0.05) is 6.07 Å². The van der Waals surface area contributed by atoms with E-state index in [0.29, 0.717) is 12.1 Å². The number of rotatable bonds is 2. The Labute approximate surface area is 111 Å². The molecule has 19 heavy (non-hydrogen) atoms. The molecule has 0 aromatic heterocycles. The first-order chi connectivity index (χ1) is 9.02. The lowest BCUT2D eigenvalue weighted by atomic mass is 9.80. The highest BCUT2D eigenvalue weighted by Gasteiger charge is 2.35. The van der Waals surface area contributed by atoms with E-state index < -0.39 is 11.6 Å². The second-order valence-corrected chi connectivity index (χ2v) is 4.96. The Hall–Kier alpha value is -1.49. The van der Waals surface area contributed by atoms with E-state index in [4.69, 9.17) is 4.74 Å². The topological polar surface area (TPSA) is 29.5 Å². The third-order valence-electron chi connectivity index (χ3n) is 3.69. The van der Waals surface area contributed by atoms with Crippen LogP contribution in [0.1, 0.15) is 17.9 Å². The summed E-state index contributed by atoms with van der Waals surface area (Å²) in [5, 5.41) is 0. The van der Waals surface area contributed by atoms with Gasteiger partial charge in [0.2, 0.25) is 0 Å². The van der Waals surface area contributed by atoms with Crippen molar-refractivity contribution in [3.05, 3.63) is 35.4 Å². The van der Waals surface area contributed by atoms with E-state index >= 15 is 0 Å². The van der Waals surface area contributed by atoms with Crippen molar-refractivity contribution in [2.75, 3.05) is 27.2 Å². The van der Waals surface area contributed by atoms with Crippen molar-refractivity contribution >= 4 is 5.97 Å². The van der Waals surface area contributed by atoms with Crippen LogP contribution in [-0.2, 0) is 9.53 Å². The molecule has 1 saturated heterocycles. The number of methoxy groups -OCH3 is 1. The molecule has 0 aliphatic carbocycles. The van der Waals surface area contributed by atoms with Gasteiger partial charge in [0.05, 0.1) is 13.0 Å². The zero-order valence-electron chi connectivity index (χ0n) is 11.0. The number of esters is 1. The monoisotopic (exact) mass is 269 g/mol. The molecule has 0 N–H and O–H groups in total. The largest absolute Gasteiger partial charge is 0.469 e. The van der Waals surface area contributed by atoms with Crippen LogP contribution in [0.25, 0.3) is 0 Å². The molecule has 0 amide bonds. The van der Waals surface area contributed by atoms with Crippen molar-refractivity contribution < 1.29 is 18.3 Å². The number of carbonyl (C=O) groups is 1. The van der Waals surface area contributed by atoms with Gasteiger partial charge in [-0.25, -0.2) is 8.78 Å². The van der Waals surface area contributed by atoms with Crippen LogP contribution in [0.3, 0.4) is 0 Å². The summed E-state index contributed by atoms with van der Waals surface area (Å²) in [6.07, 6.45) is 0.724. The van der Waals surface area contributed by atoms with Crippen molar-refractivity contribution in [3.8, 4) is 0 Å². The van der Waals surface area contributed by atoms with Crippen molar-refractivity contribution in [2.24, 2.45) is 5.92 Å². The summed E-state index contributed by atoms with van der Waals surface area (Å²) in [4.78, 5) is 13.9. The number of hydrogen-bond donors (Lipinski definition) is 0. The highest BCUT2D eigenvalue weighted by Crippen LogP contribution is 2.33. The Balaban J connectivity index is 2.29. The third-order valence-corrected chi connectivity index (χ3v) is 3.69. The molecule has 2 atom stereocenters. The summed E-state index contributed by atoms with van der Waals surface area (Å²) in [5.41, 5.74) is 0.655. The molecule has 1 heterocycles. The van der Waals surface area contributed by atoms with Crippen LogP contribution >= 0.6 is 0 Å². The van der Waals surface area contributed by atoms with E-state index in [-0.39, 0.29) is 17.8 Å². The molecule has 1 aliphatic rings. The van der Waals surface area contributed by atoms with E-state index in [0.717, 1.165) is 19.0 Å². The van der Waals surface area contributed by atoms with Gasteiger partial charge >= 0.3 is 5.97 Å². The van der Waals surface area contributed by atoms with Crippen molar-refractivity contribution in [2.45, 2.75) is 12.3 Å². The van der Waals surface area contributed by atoms with Gasteiger partial charge in [0.25, 0.3) is 0 Å². The predicted octanol–water partition coefficient (Wildman–Crippen LogP) is 2.17. The quantitative estimate of drug-likeness (QED) is 0.771. The number of halogens is 2. The lowest BCUT2D eigenvalue weighted by Gasteiger charge is -2.35. The molecule has 1 aromatic rings. The lowest BCUT2D eigenvalue weighted by Crippen LogP contribution is -2.41. The molecule has 5 heteroatoms. The lowest BCUT2D eigenvalue weighted by molar-refractivity contribution is -0.148. The molecule has 0 saturated carbocycles. The fourth-order valence-corrected chi connectivity index (χ4v) is 2.65. The van der Waals surface area contributed by atoms with Crippen LogP contribution < -0.4 is 0 Å². The number of piperidine rings is 1. The number of likely N-dealkylation sites (tertiary alicyclic amines) is 1. The Kier molecular flexibility index (Phi) is 4.14. The highest BCUT2D eigenvalue weighted by molar-refractivity contribution is 5.74. The van der Waals surface area contributed by atoms with Gasteiger partial charge in [-0.05, 0) is 43.6 Å². The first-order valence-corrected chi connectivity index (χ1v) is 6.24. The first-order valence-electron chi connectivity index (χ1n) is 6.24. The smallest absolute Gasteiger partial charge is 0.310 e. The Bertz CT molecular complexity index is 479. The fourth-order valence-electron chi connectivity index (χ4n) is 2.65. The van der Waals surface area contributed by atoms with E-state index in [1.165, 1.54) is 13.2 Å². The zero-order valence-corrected chi connectivity index (χ0v) is 11.0. The molecular formula is C14H17F2NO2. The van der Waals surface area contributed by atoms with Gasteiger partial charge in [-0.2, -0.15) is 0 Å². The van der Waals surface area contributed by atoms with Crippen LogP contribution in [0, 0.1) is 17.6 Å². The van der Waals surface area contributed by atoms with Crippen molar-refractivity contribution in [1.29, 1.82) is 0 Å². The molecule has 0 bridgehead atoms. The van der Waals surface area contributed by atoms with Gasteiger partial charge in [-0.3, -0.25) is 4.79 Å². The number of carbonyl (C=O) groups excluding carboxylic acids is 1. The second-order valence-electron chi connectivity index (χ2n) is 4.96. The van der Waals surface area contributed by atoms with Crippen LogP contribution in [-0.4, -0.2) is 38.1 Å². The molecule has 0 radical (unpaired) electrons. The van der Waals surface area contributed by atoms with Gasteiger partial charge in [0.1, 0.15) is 0 Å². The highest BCUT2D eigenvalue weighted by atomic mass is 19.2. The van der Waals surface area contributed by atoms with Crippen LogP contribution in [0.2, 0.25) is 0 Å². The van der Waals surface area contributed by atoms with Crippen molar-refractivity contribution in [1.82, 2.24) is 4.90 Å². The maximum atomic E-state index is 13.3. The number of benzene rings is 1. The maximum absolute atomic E-state index is 13.3. The summed E-state index contributed by atoms with van der Waals surface area (Å²) in [7, 11) is 3.27. The number of hydrogen-bond acceptors (Lipinski definition) is 3. The molecular weight excluding hydrogens is 252 g/mol. The summed E-state index contributed by atoms with van der Waals surface area (Å²) < 4.78 is 31.1. The standard InChI is InChI=1S/C14H17F2NO2/c1-17-6-5-10(11(8-17)14(18)19-2)9-3-4-12(15)13(16)7-9/h3-4,7,10-11H,5-6,8H2,1-2H3. The van der Waals surface area contributed by atoms with Crippen LogP contribution in [0.15, 0.2) is 18.2 Å². The molecule has 0 spiro atoms. The third kappa shape index (κ3) is 2.92. The predicted molar refractivity (Wildman–Crippen MR) is 66.7 cm³/mol. The Morgan fingerprint density at radius 3 is 2.74 bits per heavy atom. The van der Waals surface area contributed by atoms with E-state index in [9.17, 15) is 13.6 Å². The van der Waals surface area contributed by atoms with Gasteiger partial charge < -0.3 is 9.64 Å². The van der Waals surface area contributed by atoms with Crippen molar-refractivity contribution in [3.63, 3.8) is 0 Å². The average molecular weight is 269 g/mol. The normalized spacial score (nSPS) is 24.2. The minimum Gasteiger partial charge on any atom is -0.469 e. The molecule has 1 aliphatic heterocycles.